The van der Waals surface area contributed by atoms with Crippen LogP contribution in [0.25, 0.3) is 0 Å². The molecule has 1 aliphatic carbocycles. The third-order valence-corrected chi connectivity index (χ3v) is 7.00. The van der Waals surface area contributed by atoms with Crippen LogP contribution in [0.2, 0.25) is 0 Å². The number of benzene rings is 2. The molecule has 8 nitrogen and oxygen atoms in total. The summed E-state index contributed by atoms with van der Waals surface area (Å²) in [4.78, 5) is 30.1. The molecule has 0 saturated heterocycles. The molecule has 1 heterocycles. The number of carbonyl (C=O) groups excluding carboxylic acids is 2. The van der Waals surface area contributed by atoms with Gasteiger partial charge in [-0.05, 0) is 57.6 Å². The van der Waals surface area contributed by atoms with Crippen LogP contribution in [-0.2, 0) is 16.0 Å². The summed E-state index contributed by atoms with van der Waals surface area (Å²) in [7, 11) is 3.14. The molecule has 0 unspecified atom stereocenters. The van der Waals surface area contributed by atoms with Gasteiger partial charge in [0.15, 0.2) is 11.5 Å². The van der Waals surface area contributed by atoms with Gasteiger partial charge in [-0.2, -0.15) is 0 Å². The molecule has 0 radical (unpaired) electrons. The Kier molecular flexibility index (Phi) is 8.23. The fraction of sp³-hybridized carbons (Fsp3) is 0.500. The molecule has 1 fully saturated rings. The molecule has 2 aromatic rings. The topological polar surface area (TPSA) is 77.5 Å². The Labute approximate surface area is 213 Å². The fourth-order valence-electron chi connectivity index (χ4n) is 5.22. The number of nitrogens with zero attached hydrogens (tertiary/aromatic N) is 2. The predicted octanol–water partition coefficient (Wildman–Crippen LogP) is 6.08. The van der Waals surface area contributed by atoms with E-state index in [1.54, 1.807) is 37.0 Å². The van der Waals surface area contributed by atoms with Crippen molar-refractivity contribution >= 4 is 17.9 Å². The van der Waals surface area contributed by atoms with Crippen molar-refractivity contribution in [1.82, 2.24) is 4.90 Å². The molecule has 2 amide bonds. The van der Waals surface area contributed by atoms with E-state index in [2.05, 4.69) is 0 Å². The molecule has 2 aromatic carbocycles. The number of fused-ring (bicyclic) bond motifs is 1. The van der Waals surface area contributed by atoms with Crippen LogP contribution in [0.5, 0.6) is 11.5 Å². The van der Waals surface area contributed by atoms with Crippen molar-refractivity contribution in [3.05, 3.63) is 53.6 Å². The highest BCUT2D eigenvalue weighted by Crippen LogP contribution is 2.46. The molecule has 8 heteroatoms. The lowest BCUT2D eigenvalue weighted by atomic mass is 9.90. The van der Waals surface area contributed by atoms with Crippen LogP contribution >= 0.6 is 0 Å². The molecule has 36 heavy (non-hydrogen) atoms. The van der Waals surface area contributed by atoms with Crippen molar-refractivity contribution in [3.8, 4) is 11.5 Å². The zero-order valence-electron chi connectivity index (χ0n) is 21.6. The number of anilines is 1. The zero-order valence-corrected chi connectivity index (χ0v) is 21.6. The van der Waals surface area contributed by atoms with Gasteiger partial charge in [-0.25, -0.2) is 9.59 Å². The zero-order chi connectivity index (χ0) is 25.7. The number of methoxy groups -OCH3 is 2. The second-order valence-corrected chi connectivity index (χ2v) is 9.34. The van der Waals surface area contributed by atoms with E-state index in [-0.39, 0.29) is 30.9 Å². The summed E-state index contributed by atoms with van der Waals surface area (Å²) >= 11 is 0. The van der Waals surface area contributed by atoms with Gasteiger partial charge < -0.3 is 18.9 Å². The summed E-state index contributed by atoms with van der Waals surface area (Å²) in [5.74, 6) is 1.04. The van der Waals surface area contributed by atoms with E-state index in [0.717, 1.165) is 36.8 Å². The van der Waals surface area contributed by atoms with Crippen molar-refractivity contribution in [2.45, 2.75) is 70.7 Å². The van der Waals surface area contributed by atoms with Crippen LogP contribution in [0.4, 0.5) is 15.3 Å². The van der Waals surface area contributed by atoms with Crippen molar-refractivity contribution in [2.24, 2.45) is 0 Å². The minimum Gasteiger partial charge on any atom is -0.493 e. The van der Waals surface area contributed by atoms with Gasteiger partial charge in [0.1, 0.15) is 6.10 Å². The molecule has 1 saturated carbocycles. The normalized spacial score (nSPS) is 19.4. The first kappa shape index (κ1) is 25.7. The van der Waals surface area contributed by atoms with E-state index in [0.29, 0.717) is 30.2 Å². The Morgan fingerprint density at radius 3 is 2.33 bits per heavy atom. The highest BCUT2D eigenvalue weighted by atomic mass is 16.6. The van der Waals surface area contributed by atoms with E-state index < -0.39 is 6.09 Å². The maximum Gasteiger partial charge on any atom is 0.414 e. The highest BCUT2D eigenvalue weighted by molar-refractivity contribution is 5.91. The molecular formula is C28H36N2O6. The highest BCUT2D eigenvalue weighted by Gasteiger charge is 2.41. The number of amides is 2. The number of hydrogen-bond acceptors (Lipinski definition) is 6. The van der Waals surface area contributed by atoms with Crippen LogP contribution in [0, 0.1) is 0 Å². The minimum atomic E-state index is -0.402. The van der Waals surface area contributed by atoms with Crippen molar-refractivity contribution in [3.63, 3.8) is 0 Å². The van der Waals surface area contributed by atoms with Crippen LogP contribution in [0.1, 0.15) is 63.1 Å². The summed E-state index contributed by atoms with van der Waals surface area (Å²) in [6.45, 7) is 4.42. The quantitative estimate of drug-likeness (QED) is 0.462. The van der Waals surface area contributed by atoms with E-state index in [1.807, 2.05) is 43.3 Å². The van der Waals surface area contributed by atoms with Crippen LogP contribution in [0.3, 0.4) is 0 Å². The van der Waals surface area contributed by atoms with Gasteiger partial charge in [-0.1, -0.05) is 30.3 Å². The van der Waals surface area contributed by atoms with E-state index in [1.165, 1.54) is 0 Å². The SMILES string of the molecule is CCOC(=O)N(Cc1ccccc1)[C@@H]1C[C@H](C)N(C(=O)OC2CCCC2)c2cc(OC)c(OC)cc21. The van der Waals surface area contributed by atoms with Gasteiger partial charge in [0.2, 0.25) is 0 Å². The second-order valence-electron chi connectivity index (χ2n) is 9.34. The molecule has 1 aliphatic heterocycles. The minimum absolute atomic E-state index is 0.0554. The number of rotatable bonds is 7. The molecule has 2 aliphatic rings. The summed E-state index contributed by atoms with van der Waals surface area (Å²) < 4.78 is 22.5. The Balaban J connectivity index is 1.77. The predicted molar refractivity (Wildman–Crippen MR) is 137 cm³/mol. The van der Waals surface area contributed by atoms with Gasteiger partial charge in [-0.15, -0.1) is 0 Å². The Morgan fingerprint density at radius 2 is 1.69 bits per heavy atom. The number of carbonyl (C=O) groups is 2. The monoisotopic (exact) mass is 496 g/mol. The largest absolute Gasteiger partial charge is 0.493 e. The van der Waals surface area contributed by atoms with Crippen molar-refractivity contribution < 1.29 is 28.5 Å². The van der Waals surface area contributed by atoms with E-state index in [9.17, 15) is 9.59 Å². The molecule has 4 rings (SSSR count). The summed E-state index contributed by atoms with van der Waals surface area (Å²) in [6.07, 6.45) is 3.63. The maximum absolute atomic E-state index is 13.4. The number of ether oxygens (including phenoxy) is 4. The Morgan fingerprint density at radius 1 is 1.03 bits per heavy atom. The summed E-state index contributed by atoms with van der Waals surface area (Å²) in [5, 5.41) is 0. The smallest absolute Gasteiger partial charge is 0.414 e. The molecule has 0 spiro atoms. The third kappa shape index (κ3) is 5.37. The number of hydrogen-bond donors (Lipinski definition) is 0. The third-order valence-electron chi connectivity index (χ3n) is 7.00. The van der Waals surface area contributed by atoms with Gasteiger partial charge in [0.05, 0.1) is 32.6 Å². The summed E-state index contributed by atoms with van der Waals surface area (Å²) in [5.41, 5.74) is 2.43. The molecule has 194 valence electrons. The van der Waals surface area contributed by atoms with Crippen LogP contribution in [0.15, 0.2) is 42.5 Å². The average molecular weight is 497 g/mol. The molecule has 0 N–H and O–H groups in total. The molecule has 2 atom stereocenters. The van der Waals surface area contributed by atoms with Gasteiger partial charge >= 0.3 is 12.2 Å². The maximum atomic E-state index is 13.4. The standard InChI is InChI=1S/C28H36N2O6/c1-5-35-27(31)29(18-20-11-7-6-8-12-20)23-15-19(2)30(28(32)36-21-13-9-10-14-21)24-17-26(34-4)25(33-3)16-22(23)24/h6-8,11-12,16-17,19,21,23H,5,9-10,13-15,18H2,1-4H3/t19-,23+/m0/s1. The van der Waals surface area contributed by atoms with Gasteiger partial charge in [-0.3, -0.25) is 9.80 Å². The molecule has 0 aromatic heterocycles. The lowest BCUT2D eigenvalue weighted by Gasteiger charge is -2.43. The van der Waals surface area contributed by atoms with Gasteiger partial charge in [0, 0.05) is 24.2 Å². The molecule has 0 bridgehead atoms. The van der Waals surface area contributed by atoms with Crippen molar-refractivity contribution in [1.29, 1.82) is 0 Å². The Bertz CT molecular complexity index is 1050. The first-order valence-corrected chi connectivity index (χ1v) is 12.7. The second kappa shape index (κ2) is 11.5. The van der Waals surface area contributed by atoms with Crippen molar-refractivity contribution in [2.75, 3.05) is 25.7 Å². The lowest BCUT2D eigenvalue weighted by Crippen LogP contribution is -2.48. The fourth-order valence-corrected chi connectivity index (χ4v) is 5.22. The lowest BCUT2D eigenvalue weighted by molar-refractivity contribution is 0.0792. The van der Waals surface area contributed by atoms with Crippen LogP contribution < -0.4 is 14.4 Å². The molecular weight excluding hydrogens is 460 g/mol. The first-order valence-electron chi connectivity index (χ1n) is 12.7. The average Bonchev–Trinajstić information content (AvgIpc) is 3.39. The Hall–Kier alpha value is -3.42. The van der Waals surface area contributed by atoms with Crippen LogP contribution in [-0.4, -0.2) is 50.1 Å². The first-order chi connectivity index (χ1) is 17.5. The van der Waals surface area contributed by atoms with E-state index >= 15 is 0 Å². The summed E-state index contributed by atoms with van der Waals surface area (Å²) in [6, 6.07) is 12.9. The van der Waals surface area contributed by atoms with E-state index in [4.69, 9.17) is 18.9 Å². The van der Waals surface area contributed by atoms with Gasteiger partial charge in [0.25, 0.3) is 0 Å².